The van der Waals surface area contributed by atoms with Gasteiger partial charge in [0.2, 0.25) is 6.79 Å². The first-order valence-corrected chi connectivity index (χ1v) is 11.8. The summed E-state index contributed by atoms with van der Waals surface area (Å²) in [6.45, 7) is 1.90. The number of aliphatic hydroxyl groups excluding tert-OH is 5. The molecule has 12 heteroatoms. The van der Waals surface area contributed by atoms with Crippen LogP contribution >= 0.6 is 0 Å². The third-order valence-corrected chi connectivity index (χ3v) is 6.22. The first-order valence-electron chi connectivity index (χ1n) is 11.8. The number of aliphatic carboxylic acids is 1. The second-order valence-corrected chi connectivity index (χ2v) is 8.75. The van der Waals surface area contributed by atoms with Gasteiger partial charge in [-0.2, -0.15) is 0 Å². The van der Waals surface area contributed by atoms with E-state index in [-0.39, 0.29) is 12.6 Å². The van der Waals surface area contributed by atoms with E-state index in [0.29, 0.717) is 18.4 Å². The van der Waals surface area contributed by atoms with Crippen molar-refractivity contribution in [3.05, 3.63) is 53.8 Å². The van der Waals surface area contributed by atoms with E-state index in [1.807, 2.05) is 30.3 Å². The SMILES string of the molecule is Fc1ccc([C@@H]2CCNC[C@H]2COc2ccc3c(c2)OCO3)cc1.O=C(O)[C@H](O)[C@@H](O)[C@H](O)[C@H](O)CO. The van der Waals surface area contributed by atoms with Crippen LogP contribution in [0, 0.1) is 11.7 Å². The van der Waals surface area contributed by atoms with Crippen LogP contribution in [0.2, 0.25) is 0 Å². The van der Waals surface area contributed by atoms with E-state index in [2.05, 4.69) is 5.32 Å². The fourth-order valence-corrected chi connectivity index (χ4v) is 4.09. The number of carbonyl (C=O) groups is 1. The van der Waals surface area contributed by atoms with Gasteiger partial charge in [-0.3, -0.25) is 0 Å². The van der Waals surface area contributed by atoms with Gasteiger partial charge in [0, 0.05) is 18.5 Å². The molecule has 0 aromatic heterocycles. The zero-order valence-corrected chi connectivity index (χ0v) is 19.9. The Morgan fingerprint density at radius 2 is 1.76 bits per heavy atom. The van der Waals surface area contributed by atoms with Crippen molar-refractivity contribution in [1.29, 1.82) is 0 Å². The highest BCUT2D eigenvalue weighted by Crippen LogP contribution is 2.36. The van der Waals surface area contributed by atoms with Gasteiger partial charge in [0.05, 0.1) is 13.2 Å². The smallest absolute Gasteiger partial charge is 0.335 e. The molecule has 0 aliphatic carbocycles. The van der Waals surface area contributed by atoms with Crippen molar-refractivity contribution >= 4 is 5.97 Å². The molecule has 37 heavy (non-hydrogen) atoms. The Morgan fingerprint density at radius 1 is 1.05 bits per heavy atom. The fourth-order valence-electron chi connectivity index (χ4n) is 4.09. The number of nitrogens with one attached hydrogen (secondary N) is 1. The lowest BCUT2D eigenvalue weighted by Gasteiger charge is -2.32. The topological polar surface area (TPSA) is 178 Å². The number of hydrogen-bond donors (Lipinski definition) is 7. The first kappa shape index (κ1) is 28.6. The quantitative estimate of drug-likeness (QED) is 0.231. The molecule has 2 aliphatic rings. The van der Waals surface area contributed by atoms with Gasteiger partial charge in [-0.1, -0.05) is 12.1 Å². The number of fused-ring (bicyclic) bond motifs is 1. The van der Waals surface area contributed by atoms with Crippen LogP contribution in [-0.4, -0.2) is 94.1 Å². The van der Waals surface area contributed by atoms with Gasteiger partial charge in [0.25, 0.3) is 0 Å². The highest BCUT2D eigenvalue weighted by Gasteiger charge is 2.34. The molecule has 2 aliphatic heterocycles. The second-order valence-electron chi connectivity index (χ2n) is 8.75. The van der Waals surface area contributed by atoms with Crippen LogP contribution in [0.25, 0.3) is 0 Å². The summed E-state index contributed by atoms with van der Waals surface area (Å²) >= 11 is 0. The number of hydrogen-bond acceptors (Lipinski definition) is 10. The third-order valence-electron chi connectivity index (χ3n) is 6.22. The lowest BCUT2D eigenvalue weighted by Crippen LogP contribution is -2.48. The molecule has 11 nitrogen and oxygen atoms in total. The van der Waals surface area contributed by atoms with Gasteiger partial charge >= 0.3 is 5.97 Å². The number of piperidine rings is 1. The maximum atomic E-state index is 13.2. The zero-order valence-electron chi connectivity index (χ0n) is 19.9. The Labute approximate surface area is 212 Å². The maximum absolute atomic E-state index is 13.2. The monoisotopic (exact) mass is 525 g/mol. The molecular weight excluding hydrogens is 493 g/mol. The molecule has 6 atom stereocenters. The highest BCUT2D eigenvalue weighted by molar-refractivity contribution is 5.72. The summed E-state index contributed by atoms with van der Waals surface area (Å²) in [4.78, 5) is 10.1. The fraction of sp³-hybridized carbons (Fsp3) is 0.480. The lowest BCUT2D eigenvalue weighted by atomic mass is 9.81. The Morgan fingerprint density at radius 3 is 2.43 bits per heavy atom. The van der Waals surface area contributed by atoms with Crippen LogP contribution in [0.15, 0.2) is 42.5 Å². The van der Waals surface area contributed by atoms with Crippen LogP contribution in [-0.2, 0) is 4.79 Å². The number of carboxylic acid groups (broad SMARTS) is 1. The number of ether oxygens (including phenoxy) is 3. The van der Waals surface area contributed by atoms with Gasteiger partial charge in [-0.05, 0) is 48.7 Å². The number of carboxylic acids is 1. The number of benzene rings is 2. The molecule has 2 aromatic carbocycles. The van der Waals surface area contributed by atoms with Crippen molar-refractivity contribution in [3.63, 3.8) is 0 Å². The predicted molar refractivity (Wildman–Crippen MR) is 127 cm³/mol. The maximum Gasteiger partial charge on any atom is 0.335 e. The summed E-state index contributed by atoms with van der Waals surface area (Å²) in [5, 5.41) is 55.2. The van der Waals surface area contributed by atoms with E-state index in [0.717, 1.165) is 36.8 Å². The summed E-state index contributed by atoms with van der Waals surface area (Å²) < 4.78 is 29.9. The molecule has 4 rings (SSSR count). The summed E-state index contributed by atoms with van der Waals surface area (Å²) in [6.07, 6.45) is -6.81. The van der Waals surface area contributed by atoms with Crippen LogP contribution in [0.3, 0.4) is 0 Å². The Bertz CT molecular complexity index is 1010. The molecule has 2 aromatic rings. The molecular formula is C25H32FNO10. The normalized spacial score (nSPS) is 21.7. The Hall–Kier alpha value is -3.00. The van der Waals surface area contributed by atoms with E-state index in [1.54, 1.807) is 0 Å². The summed E-state index contributed by atoms with van der Waals surface area (Å²) in [7, 11) is 0. The van der Waals surface area contributed by atoms with Crippen molar-refractivity contribution in [1.82, 2.24) is 5.32 Å². The highest BCUT2D eigenvalue weighted by atomic mass is 19.1. The molecule has 0 amide bonds. The van der Waals surface area contributed by atoms with Crippen molar-refractivity contribution in [2.75, 3.05) is 33.1 Å². The number of rotatable bonds is 9. The molecule has 2 heterocycles. The molecule has 0 unspecified atom stereocenters. The summed E-state index contributed by atoms with van der Waals surface area (Å²) in [6, 6.07) is 12.5. The van der Waals surface area contributed by atoms with E-state index in [4.69, 9.17) is 44.8 Å². The van der Waals surface area contributed by atoms with E-state index in [9.17, 15) is 9.18 Å². The van der Waals surface area contributed by atoms with Crippen LogP contribution in [0.5, 0.6) is 17.2 Å². The number of halogens is 1. The zero-order chi connectivity index (χ0) is 26.9. The molecule has 7 N–H and O–H groups in total. The first-order chi connectivity index (χ1) is 17.7. The summed E-state index contributed by atoms with van der Waals surface area (Å²) in [5.74, 6) is 1.06. The Balaban J connectivity index is 0.000000251. The van der Waals surface area contributed by atoms with Crippen molar-refractivity contribution < 1.29 is 54.0 Å². The minimum atomic E-state index is -2.20. The Kier molecular flexibility index (Phi) is 10.4. The van der Waals surface area contributed by atoms with Crippen LogP contribution < -0.4 is 19.5 Å². The molecule has 0 spiro atoms. The third kappa shape index (κ3) is 7.74. The second kappa shape index (κ2) is 13.5. The molecule has 1 fully saturated rings. The van der Waals surface area contributed by atoms with Crippen molar-refractivity contribution in [2.45, 2.75) is 36.8 Å². The number of aliphatic hydroxyl groups is 5. The van der Waals surface area contributed by atoms with Crippen molar-refractivity contribution in [2.24, 2.45) is 5.92 Å². The summed E-state index contributed by atoms with van der Waals surface area (Å²) in [5.41, 5.74) is 1.18. The lowest BCUT2D eigenvalue weighted by molar-refractivity contribution is -0.164. The van der Waals surface area contributed by atoms with Gasteiger partial charge in [0.1, 0.15) is 29.9 Å². The molecule has 204 valence electrons. The van der Waals surface area contributed by atoms with Gasteiger partial charge in [-0.15, -0.1) is 0 Å². The van der Waals surface area contributed by atoms with Gasteiger partial charge in [0.15, 0.2) is 17.6 Å². The predicted octanol–water partition coefficient (Wildman–Crippen LogP) is -0.167. The largest absolute Gasteiger partial charge is 0.493 e. The van der Waals surface area contributed by atoms with Gasteiger partial charge in [-0.25, -0.2) is 9.18 Å². The average molecular weight is 526 g/mol. The average Bonchev–Trinajstić information content (AvgIpc) is 3.39. The van der Waals surface area contributed by atoms with E-state index < -0.39 is 37.0 Å². The van der Waals surface area contributed by atoms with E-state index >= 15 is 0 Å². The van der Waals surface area contributed by atoms with Crippen LogP contribution in [0.4, 0.5) is 4.39 Å². The minimum Gasteiger partial charge on any atom is -0.493 e. The van der Waals surface area contributed by atoms with E-state index in [1.165, 1.54) is 17.7 Å². The molecule has 1 saturated heterocycles. The van der Waals surface area contributed by atoms with Gasteiger partial charge < -0.3 is 50.2 Å². The molecule has 0 radical (unpaired) electrons. The minimum absolute atomic E-state index is 0.194. The van der Waals surface area contributed by atoms with Crippen LogP contribution in [0.1, 0.15) is 17.9 Å². The molecule has 0 bridgehead atoms. The van der Waals surface area contributed by atoms with Crippen molar-refractivity contribution in [3.8, 4) is 17.2 Å². The standard InChI is InChI=1S/C19H20FNO3.C6H12O7/c20-15-3-1-13(2-4-15)17-7-8-21-10-14(17)11-22-16-5-6-18-19(9-16)24-12-23-18;7-1-2(8)3(9)4(10)5(11)6(12)13/h1-6,9,14,17,21H,7-8,10-12H2;2-5,7-11H,1H2,(H,12,13)/t14-,17-;2-,3-,4+,5-/m01/s1. The molecule has 0 saturated carbocycles.